The lowest BCUT2D eigenvalue weighted by atomic mass is 10.0. The van der Waals surface area contributed by atoms with Crippen LogP contribution in [0.1, 0.15) is 0 Å². The molecule has 0 saturated heterocycles. The number of hydrogen-bond donors (Lipinski definition) is 0. The van der Waals surface area contributed by atoms with Crippen molar-refractivity contribution in [3.05, 3.63) is 201 Å². The summed E-state index contributed by atoms with van der Waals surface area (Å²) in [6.07, 6.45) is 5.52. The van der Waals surface area contributed by atoms with E-state index in [9.17, 15) is 0 Å². The van der Waals surface area contributed by atoms with Gasteiger partial charge >= 0.3 is 0 Å². The zero-order valence-electron chi connectivity index (χ0n) is 29.8. The van der Waals surface area contributed by atoms with E-state index in [1.165, 1.54) is 0 Å². The third-order valence-corrected chi connectivity index (χ3v) is 10.2. The molecule has 0 aliphatic carbocycles. The molecule has 0 fully saturated rings. The molecule has 6 aromatic carbocycles. The van der Waals surface area contributed by atoms with Gasteiger partial charge in [0.05, 0.1) is 27.8 Å². The minimum atomic E-state index is 0.870. The van der Waals surface area contributed by atoms with Crippen molar-refractivity contribution in [3.63, 3.8) is 0 Å². The second-order valence-electron chi connectivity index (χ2n) is 13.6. The maximum atomic E-state index is 5.05. The molecular formula is C50H33N5. The van der Waals surface area contributed by atoms with Crippen LogP contribution in [-0.2, 0) is 0 Å². The van der Waals surface area contributed by atoms with Crippen molar-refractivity contribution < 1.29 is 0 Å². The van der Waals surface area contributed by atoms with Gasteiger partial charge in [0, 0.05) is 57.6 Å². The predicted molar refractivity (Wildman–Crippen MR) is 227 cm³/mol. The largest absolute Gasteiger partial charge is 0.311 e. The van der Waals surface area contributed by atoms with Gasteiger partial charge in [0.2, 0.25) is 0 Å². The van der Waals surface area contributed by atoms with Gasteiger partial charge in [0.15, 0.2) is 0 Å². The van der Waals surface area contributed by atoms with Crippen LogP contribution in [0, 0.1) is 0 Å². The van der Waals surface area contributed by atoms with Gasteiger partial charge in [-0.25, -0.2) is 4.98 Å². The number of benzene rings is 6. The Labute approximate surface area is 318 Å². The van der Waals surface area contributed by atoms with E-state index >= 15 is 0 Å². The van der Waals surface area contributed by atoms with Gasteiger partial charge in [-0.1, -0.05) is 103 Å². The second kappa shape index (κ2) is 13.8. The van der Waals surface area contributed by atoms with Crippen LogP contribution in [0.2, 0.25) is 0 Å². The van der Waals surface area contributed by atoms with Crippen LogP contribution in [0.15, 0.2) is 201 Å². The monoisotopic (exact) mass is 703 g/mol. The number of nitrogens with zero attached hydrogens (tertiary/aromatic N) is 5. The fourth-order valence-electron chi connectivity index (χ4n) is 7.37. The fraction of sp³-hybridized carbons (Fsp3) is 0. The molecule has 0 atom stereocenters. The number of anilines is 3. The van der Waals surface area contributed by atoms with Crippen molar-refractivity contribution in [1.82, 2.24) is 19.9 Å². The first-order valence-electron chi connectivity index (χ1n) is 18.4. The van der Waals surface area contributed by atoms with E-state index in [-0.39, 0.29) is 0 Å². The van der Waals surface area contributed by atoms with Crippen LogP contribution < -0.4 is 4.90 Å². The molecule has 10 aromatic rings. The highest BCUT2D eigenvalue weighted by atomic mass is 15.1. The van der Waals surface area contributed by atoms with Crippen LogP contribution in [0.25, 0.3) is 77.5 Å². The van der Waals surface area contributed by atoms with Crippen molar-refractivity contribution in [2.75, 3.05) is 4.90 Å². The van der Waals surface area contributed by atoms with E-state index in [0.717, 1.165) is 94.5 Å². The smallest absolute Gasteiger partial charge is 0.0965 e. The summed E-state index contributed by atoms with van der Waals surface area (Å²) in [5.41, 5.74) is 15.6. The Morgan fingerprint density at radius 2 is 0.818 bits per heavy atom. The Bertz CT molecular complexity index is 2840. The minimum Gasteiger partial charge on any atom is -0.311 e. The second-order valence-corrected chi connectivity index (χ2v) is 13.6. The summed E-state index contributed by atoms with van der Waals surface area (Å²) in [5, 5.41) is 2.26. The molecular weight excluding hydrogens is 671 g/mol. The van der Waals surface area contributed by atoms with Crippen LogP contribution in [0.5, 0.6) is 0 Å². The molecule has 55 heavy (non-hydrogen) atoms. The summed E-state index contributed by atoms with van der Waals surface area (Å²) >= 11 is 0. The summed E-state index contributed by atoms with van der Waals surface area (Å²) in [5.74, 6) is 0. The molecule has 4 aromatic heterocycles. The topological polar surface area (TPSA) is 54.8 Å². The first kappa shape index (κ1) is 32.2. The van der Waals surface area contributed by atoms with Crippen molar-refractivity contribution in [2.45, 2.75) is 0 Å². The van der Waals surface area contributed by atoms with Crippen LogP contribution in [0.3, 0.4) is 0 Å². The molecule has 0 aliphatic heterocycles. The number of aromatic nitrogens is 4. The summed E-state index contributed by atoms with van der Waals surface area (Å²) in [7, 11) is 0. The summed E-state index contributed by atoms with van der Waals surface area (Å²) < 4.78 is 0. The lowest BCUT2D eigenvalue weighted by molar-refractivity contribution is 1.28. The summed E-state index contributed by atoms with van der Waals surface area (Å²) in [6, 6.07) is 63.8. The molecule has 0 aliphatic rings. The Morgan fingerprint density at radius 1 is 0.327 bits per heavy atom. The number of hydrogen-bond acceptors (Lipinski definition) is 5. The summed E-state index contributed by atoms with van der Waals surface area (Å²) in [4.78, 5) is 21.2. The normalized spacial score (nSPS) is 11.3. The van der Waals surface area contributed by atoms with Gasteiger partial charge in [-0.15, -0.1) is 0 Å². The molecule has 5 heteroatoms. The first-order chi connectivity index (χ1) is 27.2. The Hall–Kier alpha value is -7.50. The Kier molecular flexibility index (Phi) is 8.08. The molecule has 0 N–H and O–H groups in total. The van der Waals surface area contributed by atoms with Gasteiger partial charge in [-0.3, -0.25) is 15.0 Å². The van der Waals surface area contributed by atoms with Crippen LogP contribution in [0.4, 0.5) is 17.1 Å². The Morgan fingerprint density at radius 3 is 1.38 bits per heavy atom. The lowest BCUT2D eigenvalue weighted by Crippen LogP contribution is -2.09. The van der Waals surface area contributed by atoms with Crippen molar-refractivity contribution in [1.29, 1.82) is 0 Å². The van der Waals surface area contributed by atoms with Gasteiger partial charge in [-0.2, -0.15) is 0 Å². The zero-order valence-corrected chi connectivity index (χ0v) is 29.8. The highest BCUT2D eigenvalue weighted by Crippen LogP contribution is 2.39. The van der Waals surface area contributed by atoms with E-state index in [0.29, 0.717) is 0 Å². The molecule has 4 heterocycles. The third kappa shape index (κ3) is 6.24. The highest BCUT2D eigenvalue weighted by Gasteiger charge is 2.16. The molecule has 258 valence electrons. The molecule has 10 rings (SSSR count). The van der Waals surface area contributed by atoms with Gasteiger partial charge in [0.1, 0.15) is 0 Å². The SMILES string of the molecule is c1ccc(-c2cc(-c3ccc(N(c4ccc(-c5ccc6cccnc6c5)cc4)c4ccc(-c5ccc6cccnc6c5)cc4)cc3)nc3cccnc23)cc1. The summed E-state index contributed by atoms with van der Waals surface area (Å²) in [6.45, 7) is 0. The molecule has 0 unspecified atom stereocenters. The molecule has 0 spiro atoms. The maximum Gasteiger partial charge on any atom is 0.0965 e. The minimum absolute atomic E-state index is 0.870. The average Bonchev–Trinajstić information content (AvgIpc) is 3.27. The maximum absolute atomic E-state index is 5.05. The molecule has 5 nitrogen and oxygen atoms in total. The molecule has 0 bridgehead atoms. The van der Waals surface area contributed by atoms with E-state index in [1.54, 1.807) is 0 Å². The van der Waals surface area contributed by atoms with E-state index < -0.39 is 0 Å². The predicted octanol–water partition coefficient (Wildman–Crippen LogP) is 12.9. The molecule has 0 saturated carbocycles. The van der Waals surface area contributed by atoms with Crippen LogP contribution >= 0.6 is 0 Å². The van der Waals surface area contributed by atoms with Crippen molar-refractivity contribution in [3.8, 4) is 44.6 Å². The highest BCUT2D eigenvalue weighted by molar-refractivity contribution is 5.94. The van der Waals surface area contributed by atoms with Crippen molar-refractivity contribution >= 4 is 49.9 Å². The van der Waals surface area contributed by atoms with Crippen molar-refractivity contribution in [2.24, 2.45) is 0 Å². The van der Waals surface area contributed by atoms with E-state index in [1.807, 2.05) is 48.9 Å². The molecule has 0 amide bonds. The number of rotatable bonds is 7. The lowest BCUT2D eigenvalue weighted by Gasteiger charge is -2.26. The number of pyridine rings is 4. The quantitative estimate of drug-likeness (QED) is 0.165. The van der Waals surface area contributed by atoms with Gasteiger partial charge in [0.25, 0.3) is 0 Å². The van der Waals surface area contributed by atoms with E-state index in [4.69, 9.17) is 9.97 Å². The number of fused-ring (bicyclic) bond motifs is 3. The zero-order chi connectivity index (χ0) is 36.6. The fourth-order valence-corrected chi connectivity index (χ4v) is 7.37. The first-order valence-corrected chi connectivity index (χ1v) is 18.4. The molecule has 0 radical (unpaired) electrons. The van der Waals surface area contributed by atoms with Gasteiger partial charge in [-0.05, 0) is 107 Å². The average molecular weight is 704 g/mol. The van der Waals surface area contributed by atoms with Gasteiger partial charge < -0.3 is 4.90 Å². The Balaban J connectivity index is 1.03. The standard InChI is InChI=1S/C50H33N5/c1-2-7-36(8-3-1)45-33-49(54-46-11-6-30-53-50(45)46)39-20-26-44(27-21-39)55(42-22-16-34(17-23-42)40-14-12-37-9-4-28-51-47(37)31-40)43-24-18-35(19-25-43)41-15-13-38-10-5-29-52-48(38)32-41/h1-33H. The van der Waals surface area contributed by atoms with Crippen LogP contribution in [-0.4, -0.2) is 19.9 Å². The third-order valence-electron chi connectivity index (χ3n) is 10.2. The van der Waals surface area contributed by atoms with E-state index in [2.05, 4.69) is 167 Å².